The Bertz CT molecular complexity index is 1970. The lowest BCUT2D eigenvalue weighted by molar-refractivity contribution is -0.360. The fourth-order valence-electron chi connectivity index (χ4n) is 4.85. The van der Waals surface area contributed by atoms with Crippen molar-refractivity contribution in [3.05, 3.63) is 96.3 Å². The second kappa shape index (κ2) is 11.6. The van der Waals surface area contributed by atoms with Gasteiger partial charge in [-0.2, -0.15) is 32.1 Å². The van der Waals surface area contributed by atoms with E-state index >= 15 is 0 Å². The molecular formula is C32H24F5N5O2S. The molecule has 0 radical (unpaired) electrons. The summed E-state index contributed by atoms with van der Waals surface area (Å²) in [5.74, 6) is -0.284. The van der Waals surface area contributed by atoms with Crippen LogP contribution >= 0.6 is 11.8 Å². The van der Waals surface area contributed by atoms with Crippen molar-refractivity contribution in [3.8, 4) is 11.4 Å². The van der Waals surface area contributed by atoms with Gasteiger partial charge in [0.25, 0.3) is 5.91 Å². The van der Waals surface area contributed by atoms with Gasteiger partial charge in [0, 0.05) is 11.1 Å². The van der Waals surface area contributed by atoms with E-state index in [-0.39, 0.29) is 17.6 Å². The predicted octanol–water partition coefficient (Wildman–Crippen LogP) is 8.43. The van der Waals surface area contributed by atoms with Crippen molar-refractivity contribution in [1.82, 2.24) is 14.6 Å². The van der Waals surface area contributed by atoms with Crippen LogP contribution in [0.5, 0.6) is 5.75 Å². The summed E-state index contributed by atoms with van der Waals surface area (Å²) in [5, 5.41) is 7.96. The van der Waals surface area contributed by atoms with Crippen LogP contribution in [-0.4, -0.2) is 49.9 Å². The van der Waals surface area contributed by atoms with Gasteiger partial charge >= 0.3 is 12.3 Å². The van der Waals surface area contributed by atoms with Gasteiger partial charge in [-0.3, -0.25) is 9.36 Å². The van der Waals surface area contributed by atoms with Crippen LogP contribution < -0.4 is 4.74 Å². The van der Waals surface area contributed by atoms with Crippen molar-refractivity contribution in [2.24, 2.45) is 10.1 Å². The number of amides is 1. The van der Waals surface area contributed by atoms with Gasteiger partial charge in [-0.25, -0.2) is 9.98 Å². The molecule has 0 aliphatic carbocycles. The Hall–Kier alpha value is -4.78. The number of carbonyl (C=O) groups is 1. The van der Waals surface area contributed by atoms with Gasteiger partial charge in [-0.1, -0.05) is 62.0 Å². The summed E-state index contributed by atoms with van der Waals surface area (Å²) in [5.41, 5.74) is 4.47. The third-order valence-electron chi connectivity index (χ3n) is 7.09. The highest BCUT2D eigenvalue weighted by atomic mass is 32.2. The molecule has 0 N–H and O–H groups in total. The summed E-state index contributed by atoms with van der Waals surface area (Å²) in [6.07, 6.45) is -8.01. The first-order valence-corrected chi connectivity index (χ1v) is 14.7. The number of hydrogen-bond donors (Lipinski definition) is 0. The Labute approximate surface area is 258 Å². The minimum absolute atomic E-state index is 0.168. The number of amidine groups is 1. The highest BCUT2D eigenvalue weighted by Gasteiger charge is 2.61. The molecule has 1 aliphatic rings. The SMILES string of the molecule is CC(C)c1ccccc1N=C1SCC(=O)N1/N=C/c1ccc2c(ccc3c2ncn3-c2ccc(OC(F)(F)C(F)(F)F)cc2)c1. The molecule has 0 atom stereocenters. The lowest BCUT2D eigenvalue weighted by Gasteiger charge is -2.20. The van der Waals surface area contributed by atoms with Crippen LogP contribution in [0.4, 0.5) is 27.6 Å². The Balaban J connectivity index is 1.24. The number of alkyl halides is 5. The Morgan fingerprint density at radius 3 is 2.47 bits per heavy atom. The average Bonchev–Trinajstić information content (AvgIpc) is 3.59. The summed E-state index contributed by atoms with van der Waals surface area (Å²) in [7, 11) is 0. The number of nitrogens with zero attached hydrogens (tertiary/aromatic N) is 5. The zero-order valence-corrected chi connectivity index (χ0v) is 24.6. The first-order valence-electron chi connectivity index (χ1n) is 13.7. The number of benzene rings is 4. The number of hydrogen-bond acceptors (Lipinski definition) is 6. The second-order valence-electron chi connectivity index (χ2n) is 10.5. The van der Waals surface area contributed by atoms with Crippen LogP contribution in [0.1, 0.15) is 30.9 Å². The standard InChI is InChI=1S/C32H24F5N5O2S/c1-19(2)24-5-3-4-6-26(24)40-30-42(28(43)17-45-30)39-16-20-7-13-25-21(15-20)8-14-27-29(25)38-18-41(27)22-9-11-23(12-10-22)44-32(36,37)31(33,34)35/h3-16,18-19H,17H2,1-2H3/b39-16+,40-30?. The maximum Gasteiger partial charge on any atom is 0.499 e. The molecular weight excluding hydrogens is 613 g/mol. The molecule has 7 nitrogen and oxygen atoms in total. The van der Waals surface area contributed by atoms with Crippen molar-refractivity contribution >= 4 is 56.5 Å². The van der Waals surface area contributed by atoms with Crippen LogP contribution in [0.2, 0.25) is 0 Å². The minimum atomic E-state index is -5.83. The maximum atomic E-state index is 13.3. The third kappa shape index (κ3) is 5.99. The van der Waals surface area contributed by atoms with Gasteiger partial charge < -0.3 is 4.74 Å². The van der Waals surface area contributed by atoms with Gasteiger partial charge in [0.2, 0.25) is 0 Å². The van der Waals surface area contributed by atoms with E-state index in [1.807, 2.05) is 54.6 Å². The summed E-state index contributed by atoms with van der Waals surface area (Å²) < 4.78 is 69.5. The van der Waals surface area contributed by atoms with Gasteiger partial charge in [-0.05, 0) is 64.9 Å². The molecule has 2 heterocycles. The molecule has 5 aromatic rings. The number of rotatable bonds is 7. The number of hydrazone groups is 1. The summed E-state index contributed by atoms with van der Waals surface area (Å²) in [4.78, 5) is 21.9. The van der Waals surface area contributed by atoms with E-state index in [0.29, 0.717) is 21.9 Å². The van der Waals surface area contributed by atoms with E-state index in [1.54, 1.807) is 10.8 Å². The first-order chi connectivity index (χ1) is 21.4. The Kier molecular flexibility index (Phi) is 7.81. The fraction of sp³-hybridized carbons (Fsp3) is 0.188. The molecule has 1 saturated heterocycles. The molecule has 6 rings (SSSR count). The van der Waals surface area contributed by atoms with Crippen molar-refractivity contribution in [2.75, 3.05) is 5.75 Å². The monoisotopic (exact) mass is 637 g/mol. The maximum absolute atomic E-state index is 13.3. The van der Waals surface area contributed by atoms with Crippen LogP contribution in [0, 0.1) is 0 Å². The smallest absolute Gasteiger partial charge is 0.426 e. The van der Waals surface area contributed by atoms with E-state index in [1.165, 1.54) is 35.2 Å². The number of halogens is 5. The number of aliphatic imine (C=N–C) groups is 1. The van der Waals surface area contributed by atoms with Crippen molar-refractivity contribution < 1.29 is 31.5 Å². The van der Waals surface area contributed by atoms with Crippen LogP contribution in [0.3, 0.4) is 0 Å². The Morgan fingerprint density at radius 2 is 1.73 bits per heavy atom. The molecule has 45 heavy (non-hydrogen) atoms. The molecule has 4 aromatic carbocycles. The number of thioether (sulfide) groups is 1. The van der Waals surface area contributed by atoms with Crippen molar-refractivity contribution in [2.45, 2.75) is 32.1 Å². The summed E-state index contributed by atoms with van der Waals surface area (Å²) in [6, 6.07) is 21.9. The largest absolute Gasteiger partial charge is 0.499 e. The third-order valence-corrected chi connectivity index (χ3v) is 8.00. The highest BCUT2D eigenvalue weighted by molar-refractivity contribution is 8.15. The zero-order valence-electron chi connectivity index (χ0n) is 23.8. The zero-order chi connectivity index (χ0) is 31.9. The van der Waals surface area contributed by atoms with Gasteiger partial charge in [0.05, 0.1) is 28.7 Å². The van der Waals surface area contributed by atoms with Crippen LogP contribution in [-0.2, 0) is 4.79 Å². The molecule has 0 unspecified atom stereocenters. The second-order valence-corrected chi connectivity index (χ2v) is 11.4. The van der Waals surface area contributed by atoms with Crippen LogP contribution in [0.15, 0.2) is 95.3 Å². The average molecular weight is 638 g/mol. The minimum Gasteiger partial charge on any atom is -0.426 e. The van der Waals surface area contributed by atoms with E-state index in [2.05, 4.69) is 28.7 Å². The highest BCUT2D eigenvalue weighted by Crippen LogP contribution is 2.38. The lowest BCUT2D eigenvalue weighted by Crippen LogP contribution is -2.41. The van der Waals surface area contributed by atoms with Crippen molar-refractivity contribution in [3.63, 3.8) is 0 Å². The normalized spacial score (nSPS) is 15.4. The topological polar surface area (TPSA) is 72.1 Å². The lowest BCUT2D eigenvalue weighted by atomic mass is 10.0. The van der Waals surface area contributed by atoms with E-state index < -0.39 is 18.0 Å². The summed E-state index contributed by atoms with van der Waals surface area (Å²) in [6.45, 7) is 4.17. The molecule has 230 valence electrons. The van der Waals surface area contributed by atoms with Gasteiger partial charge in [0.1, 0.15) is 12.1 Å². The number of fused-ring (bicyclic) bond motifs is 3. The quantitative estimate of drug-likeness (QED) is 0.133. The van der Waals surface area contributed by atoms with Crippen molar-refractivity contribution in [1.29, 1.82) is 0 Å². The van der Waals surface area contributed by atoms with E-state index in [9.17, 15) is 26.7 Å². The molecule has 1 fully saturated rings. The number of carbonyl (C=O) groups excluding carboxylic acids is 1. The van der Waals surface area contributed by atoms with Crippen LogP contribution in [0.25, 0.3) is 27.5 Å². The van der Waals surface area contributed by atoms with Gasteiger partial charge in [-0.15, -0.1) is 0 Å². The molecule has 1 aromatic heterocycles. The predicted molar refractivity (Wildman–Crippen MR) is 165 cm³/mol. The molecule has 0 bridgehead atoms. The van der Waals surface area contributed by atoms with E-state index in [0.717, 1.165) is 39.7 Å². The molecule has 13 heteroatoms. The molecule has 0 saturated carbocycles. The first kappa shape index (κ1) is 30.3. The molecule has 0 spiro atoms. The number of para-hydroxylation sites is 1. The molecule has 1 amide bonds. The molecule has 1 aliphatic heterocycles. The summed E-state index contributed by atoms with van der Waals surface area (Å²) >= 11 is 1.33. The fourth-order valence-corrected chi connectivity index (χ4v) is 5.66. The number of ether oxygens (including phenoxy) is 1. The number of imidazole rings is 1. The van der Waals surface area contributed by atoms with Gasteiger partial charge in [0.15, 0.2) is 5.17 Å². The van der Waals surface area contributed by atoms with E-state index in [4.69, 9.17) is 4.99 Å². The number of aromatic nitrogens is 2. The Morgan fingerprint density at radius 1 is 0.978 bits per heavy atom.